The third kappa shape index (κ3) is 2.03. The largest absolute Gasteiger partial charge is 0.368 e. The number of imidazole rings is 2. The molecule has 0 unspecified atom stereocenters. The maximum absolute atomic E-state index is 5.73. The van der Waals surface area contributed by atoms with Crippen molar-refractivity contribution in [3.05, 3.63) is 31.1 Å². The number of anilines is 1. The smallest absolute Gasteiger partial charge is 0.240 e. The van der Waals surface area contributed by atoms with Crippen LogP contribution in [0, 0.1) is 0 Å². The van der Waals surface area contributed by atoms with Gasteiger partial charge in [-0.15, -0.1) is 0 Å². The molecule has 0 fully saturated rings. The molecule has 0 aromatic carbocycles. The van der Waals surface area contributed by atoms with Crippen molar-refractivity contribution in [1.29, 1.82) is 0 Å². The Kier molecular flexibility index (Phi) is 2.67. The monoisotopic (exact) mass is 256 g/mol. The average Bonchev–Trinajstić information content (AvgIpc) is 3.09. The highest BCUT2D eigenvalue weighted by atomic mass is 15.2. The van der Waals surface area contributed by atoms with E-state index in [0.717, 1.165) is 6.54 Å². The van der Waals surface area contributed by atoms with Crippen LogP contribution in [0.3, 0.4) is 0 Å². The number of hydrogen-bond donors (Lipinski definition) is 1. The molecule has 3 aromatic heterocycles. The summed E-state index contributed by atoms with van der Waals surface area (Å²) in [5.74, 6) is 1.69. The van der Waals surface area contributed by atoms with Crippen LogP contribution in [0.25, 0.3) is 17.6 Å². The van der Waals surface area contributed by atoms with E-state index in [4.69, 9.17) is 5.73 Å². The molecule has 3 aromatic rings. The van der Waals surface area contributed by atoms with Crippen molar-refractivity contribution in [2.75, 3.05) is 5.73 Å². The summed E-state index contributed by atoms with van der Waals surface area (Å²) in [6, 6.07) is 0. The number of nitrogens with two attached hydrogens (primary N) is 1. The van der Waals surface area contributed by atoms with Crippen LogP contribution in [0.4, 0.5) is 5.95 Å². The first-order valence-corrected chi connectivity index (χ1v) is 5.79. The summed E-state index contributed by atoms with van der Waals surface area (Å²) in [5.41, 5.74) is 5.73. The van der Waals surface area contributed by atoms with Crippen LogP contribution in [0.2, 0.25) is 0 Å². The first-order valence-electron chi connectivity index (χ1n) is 5.79. The summed E-state index contributed by atoms with van der Waals surface area (Å²) < 4.78 is 3.60. The third-order valence-corrected chi connectivity index (χ3v) is 2.63. The Labute approximate surface area is 109 Å². The van der Waals surface area contributed by atoms with E-state index >= 15 is 0 Å². The summed E-state index contributed by atoms with van der Waals surface area (Å²) in [4.78, 5) is 20.8. The van der Waals surface area contributed by atoms with Crippen molar-refractivity contribution in [1.82, 2.24) is 34.1 Å². The number of aromatic nitrogens is 7. The van der Waals surface area contributed by atoms with Gasteiger partial charge >= 0.3 is 0 Å². The van der Waals surface area contributed by atoms with Gasteiger partial charge in [-0.05, 0) is 6.92 Å². The number of aryl methyl sites for hydroxylation is 1. The standard InChI is InChI=1S/C11H12N8/c1-2-18-6-4-14-9(18)8-15-10(12)17-11(16-8)19-5-3-13-7-19/h3-7H,2H2,1H3,(H2,12,15,16,17). The Hall–Kier alpha value is -2.77. The van der Waals surface area contributed by atoms with Crippen LogP contribution in [0.15, 0.2) is 31.1 Å². The van der Waals surface area contributed by atoms with Gasteiger partial charge < -0.3 is 10.3 Å². The second-order valence-corrected chi connectivity index (χ2v) is 3.82. The van der Waals surface area contributed by atoms with Gasteiger partial charge in [0.2, 0.25) is 17.7 Å². The van der Waals surface area contributed by atoms with E-state index in [9.17, 15) is 0 Å². The van der Waals surface area contributed by atoms with Crippen LogP contribution in [0.1, 0.15) is 6.92 Å². The molecule has 2 N–H and O–H groups in total. The molecule has 0 spiro atoms. The molecule has 0 aliphatic rings. The van der Waals surface area contributed by atoms with Gasteiger partial charge in [-0.1, -0.05) is 0 Å². The van der Waals surface area contributed by atoms with E-state index in [1.807, 2.05) is 17.7 Å². The van der Waals surface area contributed by atoms with E-state index in [1.54, 1.807) is 29.5 Å². The highest BCUT2D eigenvalue weighted by Crippen LogP contribution is 2.14. The van der Waals surface area contributed by atoms with Gasteiger partial charge in [0.15, 0.2) is 5.82 Å². The molecule has 19 heavy (non-hydrogen) atoms. The minimum atomic E-state index is 0.152. The molecule has 3 heterocycles. The summed E-state index contributed by atoms with van der Waals surface area (Å²) in [6.07, 6.45) is 8.56. The summed E-state index contributed by atoms with van der Waals surface area (Å²) in [5, 5.41) is 0. The lowest BCUT2D eigenvalue weighted by molar-refractivity contribution is 0.761. The first kappa shape index (κ1) is 11.3. The van der Waals surface area contributed by atoms with Crippen LogP contribution in [0.5, 0.6) is 0 Å². The lowest BCUT2D eigenvalue weighted by Crippen LogP contribution is -2.08. The van der Waals surface area contributed by atoms with E-state index < -0.39 is 0 Å². The highest BCUT2D eigenvalue weighted by Gasteiger charge is 2.12. The predicted octanol–water partition coefficient (Wildman–Crippen LogP) is 0.523. The predicted molar refractivity (Wildman–Crippen MR) is 68.3 cm³/mol. The second kappa shape index (κ2) is 4.48. The Balaban J connectivity index is 2.13. The molecule has 8 nitrogen and oxygen atoms in total. The lowest BCUT2D eigenvalue weighted by Gasteiger charge is -2.06. The molecule has 0 saturated carbocycles. The van der Waals surface area contributed by atoms with Gasteiger partial charge in [0.25, 0.3) is 0 Å². The van der Waals surface area contributed by atoms with Crippen molar-refractivity contribution in [2.45, 2.75) is 13.5 Å². The highest BCUT2D eigenvalue weighted by molar-refractivity contribution is 5.47. The number of nitrogen functional groups attached to an aromatic ring is 1. The van der Waals surface area contributed by atoms with Gasteiger partial charge in [-0.25, -0.2) is 9.97 Å². The van der Waals surface area contributed by atoms with Gasteiger partial charge in [-0.3, -0.25) is 4.57 Å². The summed E-state index contributed by atoms with van der Waals surface area (Å²) in [6.45, 7) is 2.80. The molecular formula is C11H12N8. The van der Waals surface area contributed by atoms with E-state index in [-0.39, 0.29) is 5.95 Å². The Morgan fingerprint density at radius 3 is 2.79 bits per heavy atom. The molecule has 0 atom stereocenters. The average molecular weight is 256 g/mol. The topological polar surface area (TPSA) is 100 Å². The Morgan fingerprint density at radius 1 is 1.16 bits per heavy atom. The van der Waals surface area contributed by atoms with E-state index in [2.05, 4.69) is 24.9 Å². The van der Waals surface area contributed by atoms with Crippen LogP contribution in [-0.2, 0) is 6.54 Å². The summed E-state index contributed by atoms with van der Waals surface area (Å²) in [7, 11) is 0. The number of hydrogen-bond acceptors (Lipinski definition) is 6. The minimum Gasteiger partial charge on any atom is -0.368 e. The molecule has 0 amide bonds. The second-order valence-electron chi connectivity index (χ2n) is 3.82. The first-order chi connectivity index (χ1) is 9.28. The fourth-order valence-corrected chi connectivity index (χ4v) is 1.74. The zero-order valence-electron chi connectivity index (χ0n) is 10.3. The zero-order chi connectivity index (χ0) is 13.2. The molecule has 0 radical (unpaired) electrons. The summed E-state index contributed by atoms with van der Waals surface area (Å²) >= 11 is 0. The van der Waals surface area contributed by atoms with Crippen LogP contribution >= 0.6 is 0 Å². The molecule has 96 valence electrons. The van der Waals surface area contributed by atoms with E-state index in [1.165, 1.54) is 0 Å². The van der Waals surface area contributed by atoms with Crippen molar-refractivity contribution in [3.8, 4) is 17.6 Å². The molecular weight excluding hydrogens is 244 g/mol. The fourth-order valence-electron chi connectivity index (χ4n) is 1.74. The third-order valence-electron chi connectivity index (χ3n) is 2.63. The molecule has 3 rings (SSSR count). The van der Waals surface area contributed by atoms with E-state index in [0.29, 0.717) is 17.6 Å². The zero-order valence-corrected chi connectivity index (χ0v) is 10.3. The molecule has 0 saturated heterocycles. The van der Waals surface area contributed by atoms with Gasteiger partial charge in [0.1, 0.15) is 6.33 Å². The van der Waals surface area contributed by atoms with Gasteiger partial charge in [0, 0.05) is 31.3 Å². The van der Waals surface area contributed by atoms with Gasteiger partial charge in [-0.2, -0.15) is 15.0 Å². The number of rotatable bonds is 3. The molecule has 0 aliphatic heterocycles. The SMILES string of the molecule is CCn1ccnc1-c1nc(N)nc(-n2ccnc2)n1. The Bertz CT molecular complexity index is 685. The number of nitrogens with zero attached hydrogens (tertiary/aromatic N) is 7. The minimum absolute atomic E-state index is 0.152. The maximum atomic E-state index is 5.73. The quantitative estimate of drug-likeness (QED) is 0.733. The van der Waals surface area contributed by atoms with Crippen molar-refractivity contribution in [3.63, 3.8) is 0 Å². The molecule has 0 aliphatic carbocycles. The van der Waals surface area contributed by atoms with Gasteiger partial charge in [0.05, 0.1) is 0 Å². The Morgan fingerprint density at radius 2 is 2.05 bits per heavy atom. The molecule has 8 heteroatoms. The lowest BCUT2D eigenvalue weighted by atomic mass is 10.5. The maximum Gasteiger partial charge on any atom is 0.240 e. The van der Waals surface area contributed by atoms with Crippen molar-refractivity contribution < 1.29 is 0 Å². The van der Waals surface area contributed by atoms with Crippen molar-refractivity contribution >= 4 is 5.95 Å². The van der Waals surface area contributed by atoms with Crippen LogP contribution in [-0.4, -0.2) is 34.1 Å². The normalized spacial score (nSPS) is 10.8. The van der Waals surface area contributed by atoms with Crippen molar-refractivity contribution in [2.24, 2.45) is 0 Å². The molecule has 0 bridgehead atoms. The van der Waals surface area contributed by atoms with Crippen LogP contribution < -0.4 is 5.73 Å². The fraction of sp³-hybridized carbons (Fsp3) is 0.182.